The highest BCUT2D eigenvalue weighted by molar-refractivity contribution is 5.35. The summed E-state index contributed by atoms with van der Waals surface area (Å²) in [5.41, 5.74) is 1.20. The Labute approximate surface area is 78.2 Å². The molecule has 2 nitrogen and oxygen atoms in total. The van der Waals surface area contributed by atoms with Gasteiger partial charge in [0.1, 0.15) is 5.75 Å². The van der Waals surface area contributed by atoms with E-state index >= 15 is 0 Å². The summed E-state index contributed by atoms with van der Waals surface area (Å²) in [5.74, 6) is -0.105. The Morgan fingerprint density at radius 2 is 2.23 bits per heavy atom. The van der Waals surface area contributed by atoms with Crippen molar-refractivity contribution < 1.29 is 9.84 Å². The molecule has 0 amide bonds. The van der Waals surface area contributed by atoms with Crippen LogP contribution in [0.1, 0.15) is 25.3 Å². The molecular weight excluding hydrogens is 164 g/mol. The summed E-state index contributed by atoms with van der Waals surface area (Å²) >= 11 is 0. The van der Waals surface area contributed by atoms with Gasteiger partial charge >= 0.3 is 0 Å². The van der Waals surface area contributed by atoms with E-state index in [9.17, 15) is 5.11 Å². The molecule has 1 aliphatic rings. The van der Waals surface area contributed by atoms with Crippen LogP contribution in [0.4, 0.5) is 0 Å². The highest BCUT2D eigenvalue weighted by atomic mass is 16.6. The van der Waals surface area contributed by atoms with Gasteiger partial charge in [0, 0.05) is 12.8 Å². The van der Waals surface area contributed by atoms with Crippen molar-refractivity contribution in [2.75, 3.05) is 0 Å². The maximum absolute atomic E-state index is 9.90. The maximum atomic E-state index is 9.90. The zero-order valence-electron chi connectivity index (χ0n) is 7.79. The quantitative estimate of drug-likeness (QED) is 0.713. The lowest BCUT2D eigenvalue weighted by Crippen LogP contribution is -2.38. The minimum absolute atomic E-state index is 0.640. The molecule has 1 unspecified atom stereocenters. The fourth-order valence-electron chi connectivity index (χ4n) is 1.64. The topological polar surface area (TPSA) is 29.5 Å². The molecular formula is C11H14O2. The van der Waals surface area contributed by atoms with Crippen molar-refractivity contribution in [3.8, 4) is 5.75 Å². The van der Waals surface area contributed by atoms with Gasteiger partial charge in [0.15, 0.2) is 0 Å². The van der Waals surface area contributed by atoms with Crippen LogP contribution < -0.4 is 4.74 Å². The Bertz CT molecular complexity index is 309. The summed E-state index contributed by atoms with van der Waals surface area (Å²) < 4.78 is 5.52. The minimum atomic E-state index is -0.936. The Morgan fingerprint density at radius 1 is 1.46 bits per heavy atom. The van der Waals surface area contributed by atoms with Gasteiger partial charge in [0.2, 0.25) is 5.79 Å². The molecule has 70 valence electrons. The fourth-order valence-corrected chi connectivity index (χ4v) is 1.64. The van der Waals surface area contributed by atoms with Crippen LogP contribution >= 0.6 is 0 Å². The van der Waals surface area contributed by atoms with Gasteiger partial charge in [0.05, 0.1) is 0 Å². The van der Waals surface area contributed by atoms with E-state index in [4.69, 9.17) is 4.74 Å². The van der Waals surface area contributed by atoms with Crippen LogP contribution in [0, 0.1) is 0 Å². The van der Waals surface area contributed by atoms with Gasteiger partial charge in [-0.05, 0) is 18.1 Å². The van der Waals surface area contributed by atoms with Crippen molar-refractivity contribution in [3.63, 3.8) is 0 Å². The summed E-state index contributed by atoms with van der Waals surface area (Å²) in [5, 5.41) is 9.90. The van der Waals surface area contributed by atoms with E-state index in [-0.39, 0.29) is 0 Å². The molecule has 0 radical (unpaired) electrons. The molecule has 2 rings (SSSR count). The number of aryl methyl sites for hydroxylation is 1. The summed E-state index contributed by atoms with van der Waals surface area (Å²) in [7, 11) is 0. The minimum Gasteiger partial charge on any atom is -0.462 e. The SMILES string of the molecule is CCC1(O)CCc2ccccc2O1. The van der Waals surface area contributed by atoms with E-state index in [0.717, 1.165) is 12.2 Å². The Morgan fingerprint density at radius 3 is 3.00 bits per heavy atom. The molecule has 1 heterocycles. The third kappa shape index (κ3) is 1.54. The number of benzene rings is 1. The number of aliphatic hydroxyl groups is 1. The number of hydrogen-bond donors (Lipinski definition) is 1. The Kier molecular flexibility index (Phi) is 2.00. The molecule has 1 aliphatic heterocycles. The first kappa shape index (κ1) is 8.57. The van der Waals surface area contributed by atoms with Crippen molar-refractivity contribution in [2.45, 2.75) is 32.0 Å². The third-order valence-corrected chi connectivity index (χ3v) is 2.61. The molecule has 0 aromatic heterocycles. The molecule has 1 aromatic carbocycles. The van der Waals surface area contributed by atoms with Gasteiger partial charge < -0.3 is 9.84 Å². The third-order valence-electron chi connectivity index (χ3n) is 2.61. The van der Waals surface area contributed by atoms with E-state index in [1.807, 2.05) is 31.2 Å². The molecule has 0 fully saturated rings. The molecule has 0 aliphatic carbocycles. The van der Waals surface area contributed by atoms with E-state index in [0.29, 0.717) is 12.8 Å². The highest BCUT2D eigenvalue weighted by Gasteiger charge is 2.31. The lowest BCUT2D eigenvalue weighted by Gasteiger charge is -2.33. The van der Waals surface area contributed by atoms with Gasteiger partial charge in [-0.1, -0.05) is 25.1 Å². The van der Waals surface area contributed by atoms with Crippen LogP contribution in [0.25, 0.3) is 0 Å². The molecule has 0 saturated heterocycles. The van der Waals surface area contributed by atoms with Crippen LogP contribution in [0.5, 0.6) is 5.75 Å². The molecule has 13 heavy (non-hydrogen) atoms. The smallest absolute Gasteiger partial charge is 0.208 e. The molecule has 0 bridgehead atoms. The van der Waals surface area contributed by atoms with Crippen molar-refractivity contribution >= 4 is 0 Å². The first-order valence-corrected chi connectivity index (χ1v) is 4.73. The van der Waals surface area contributed by atoms with Gasteiger partial charge in [-0.3, -0.25) is 0 Å². The average molecular weight is 178 g/mol. The predicted octanol–water partition coefficient (Wildman–Crippen LogP) is 2.11. The zero-order chi connectivity index (χ0) is 9.31. The van der Waals surface area contributed by atoms with E-state index in [1.54, 1.807) is 0 Å². The molecule has 1 aromatic rings. The molecule has 2 heteroatoms. The highest BCUT2D eigenvalue weighted by Crippen LogP contribution is 2.32. The zero-order valence-corrected chi connectivity index (χ0v) is 7.79. The van der Waals surface area contributed by atoms with E-state index in [1.165, 1.54) is 5.56 Å². The molecule has 1 N–H and O–H groups in total. The van der Waals surface area contributed by atoms with Gasteiger partial charge in [-0.25, -0.2) is 0 Å². The second-order valence-corrected chi connectivity index (χ2v) is 3.51. The fraction of sp³-hybridized carbons (Fsp3) is 0.455. The van der Waals surface area contributed by atoms with Crippen LogP contribution in [0.3, 0.4) is 0 Å². The van der Waals surface area contributed by atoms with Gasteiger partial charge in [-0.15, -0.1) is 0 Å². The van der Waals surface area contributed by atoms with Crippen molar-refractivity contribution in [2.24, 2.45) is 0 Å². The lowest BCUT2D eigenvalue weighted by molar-refractivity contribution is -0.151. The maximum Gasteiger partial charge on any atom is 0.208 e. The average Bonchev–Trinajstić information content (AvgIpc) is 2.18. The largest absolute Gasteiger partial charge is 0.462 e. The first-order valence-electron chi connectivity index (χ1n) is 4.73. The van der Waals surface area contributed by atoms with Gasteiger partial charge in [0.25, 0.3) is 0 Å². The number of para-hydroxylation sites is 1. The molecule has 0 spiro atoms. The number of fused-ring (bicyclic) bond motifs is 1. The summed E-state index contributed by atoms with van der Waals surface area (Å²) in [6, 6.07) is 7.89. The number of hydrogen-bond acceptors (Lipinski definition) is 2. The van der Waals surface area contributed by atoms with Crippen molar-refractivity contribution in [1.29, 1.82) is 0 Å². The molecule has 1 atom stereocenters. The monoisotopic (exact) mass is 178 g/mol. The van der Waals surface area contributed by atoms with Crippen LogP contribution in [-0.4, -0.2) is 10.9 Å². The second kappa shape index (κ2) is 3.04. The second-order valence-electron chi connectivity index (χ2n) is 3.51. The summed E-state index contributed by atoms with van der Waals surface area (Å²) in [6.07, 6.45) is 2.24. The molecule has 0 saturated carbocycles. The van der Waals surface area contributed by atoms with Crippen molar-refractivity contribution in [1.82, 2.24) is 0 Å². The van der Waals surface area contributed by atoms with Crippen LogP contribution in [0.2, 0.25) is 0 Å². The Hall–Kier alpha value is -1.02. The lowest BCUT2D eigenvalue weighted by atomic mass is 9.98. The summed E-state index contributed by atoms with van der Waals surface area (Å²) in [6.45, 7) is 1.94. The summed E-state index contributed by atoms with van der Waals surface area (Å²) in [4.78, 5) is 0. The van der Waals surface area contributed by atoms with E-state index in [2.05, 4.69) is 0 Å². The Balaban J connectivity index is 2.29. The van der Waals surface area contributed by atoms with Crippen molar-refractivity contribution in [3.05, 3.63) is 29.8 Å². The van der Waals surface area contributed by atoms with Crippen LogP contribution in [-0.2, 0) is 6.42 Å². The normalized spacial score (nSPS) is 26.3. The first-order chi connectivity index (χ1) is 6.23. The van der Waals surface area contributed by atoms with Crippen LogP contribution in [0.15, 0.2) is 24.3 Å². The number of rotatable bonds is 1. The van der Waals surface area contributed by atoms with Gasteiger partial charge in [-0.2, -0.15) is 0 Å². The standard InChI is InChI=1S/C11H14O2/c1-2-11(12)8-7-9-5-3-4-6-10(9)13-11/h3-6,12H,2,7-8H2,1H3. The predicted molar refractivity (Wildman–Crippen MR) is 50.6 cm³/mol. The van der Waals surface area contributed by atoms with E-state index < -0.39 is 5.79 Å². The number of ether oxygens (including phenoxy) is 1.